The third-order valence-electron chi connectivity index (χ3n) is 2.40. The minimum atomic E-state index is 0.669. The molecule has 3 nitrogen and oxygen atoms in total. The van der Waals surface area contributed by atoms with Gasteiger partial charge in [-0.1, -0.05) is 0 Å². The van der Waals surface area contributed by atoms with Crippen LogP contribution in [0.5, 0.6) is 11.5 Å². The molecule has 0 fully saturated rings. The van der Waals surface area contributed by atoms with Crippen molar-refractivity contribution >= 4 is 5.69 Å². The second kappa shape index (κ2) is 3.78. The highest BCUT2D eigenvalue weighted by molar-refractivity contribution is 5.63. The molecule has 0 aliphatic carbocycles. The molecule has 14 heavy (non-hydrogen) atoms. The van der Waals surface area contributed by atoms with Crippen molar-refractivity contribution in [3.63, 3.8) is 0 Å². The van der Waals surface area contributed by atoms with Crippen LogP contribution in [0.2, 0.25) is 0 Å². The molecular weight excluding hydrogens is 178 g/mol. The fraction of sp³-hybridized carbons (Fsp3) is 0.455. The fourth-order valence-corrected chi connectivity index (χ4v) is 1.73. The molecule has 0 aromatic heterocycles. The first kappa shape index (κ1) is 9.19. The molecule has 0 radical (unpaired) electrons. The highest BCUT2D eigenvalue weighted by atomic mass is 16.5. The summed E-state index contributed by atoms with van der Waals surface area (Å²) in [6.45, 7) is 3.65. The SMILES string of the molecule is CCOc1cc2c(cc1OC)NCC2. The zero-order valence-corrected chi connectivity index (χ0v) is 8.59. The molecule has 1 heterocycles. The number of anilines is 1. The first-order valence-electron chi connectivity index (χ1n) is 4.92. The fourth-order valence-electron chi connectivity index (χ4n) is 1.73. The van der Waals surface area contributed by atoms with Gasteiger partial charge in [0.25, 0.3) is 0 Å². The van der Waals surface area contributed by atoms with Crippen molar-refractivity contribution < 1.29 is 9.47 Å². The molecule has 76 valence electrons. The van der Waals surface area contributed by atoms with E-state index in [0.29, 0.717) is 6.61 Å². The van der Waals surface area contributed by atoms with Crippen LogP contribution in [0.3, 0.4) is 0 Å². The van der Waals surface area contributed by atoms with Gasteiger partial charge in [-0.05, 0) is 25.0 Å². The number of rotatable bonds is 3. The Morgan fingerprint density at radius 3 is 2.93 bits per heavy atom. The van der Waals surface area contributed by atoms with Crippen LogP contribution in [-0.4, -0.2) is 20.3 Å². The summed E-state index contributed by atoms with van der Waals surface area (Å²) < 4.78 is 10.8. The smallest absolute Gasteiger partial charge is 0.162 e. The molecule has 3 heteroatoms. The standard InChI is InChI=1S/C11H15NO2/c1-3-14-11-6-8-4-5-12-9(8)7-10(11)13-2/h6-7,12H,3-5H2,1-2H3. The molecule has 0 amide bonds. The molecular formula is C11H15NO2. The van der Waals surface area contributed by atoms with Crippen molar-refractivity contribution in [2.75, 3.05) is 25.6 Å². The second-order valence-corrected chi connectivity index (χ2v) is 3.27. The molecule has 2 rings (SSSR count). The molecule has 0 saturated carbocycles. The summed E-state index contributed by atoms with van der Waals surface area (Å²) in [6, 6.07) is 4.07. The number of nitrogens with one attached hydrogen (secondary N) is 1. The third-order valence-corrected chi connectivity index (χ3v) is 2.40. The molecule has 0 spiro atoms. The van der Waals surface area contributed by atoms with Gasteiger partial charge in [-0.3, -0.25) is 0 Å². The molecule has 0 atom stereocenters. The topological polar surface area (TPSA) is 30.5 Å². The number of fused-ring (bicyclic) bond motifs is 1. The molecule has 1 aromatic rings. The first-order chi connectivity index (χ1) is 6.85. The zero-order chi connectivity index (χ0) is 9.97. The van der Waals surface area contributed by atoms with E-state index in [1.165, 1.54) is 11.3 Å². The predicted octanol–water partition coefficient (Wildman–Crippen LogP) is 2.06. The molecule has 1 aliphatic rings. The molecule has 0 bridgehead atoms. The minimum absolute atomic E-state index is 0.669. The lowest BCUT2D eigenvalue weighted by atomic mass is 10.1. The number of ether oxygens (including phenoxy) is 2. The predicted molar refractivity (Wildman–Crippen MR) is 56.4 cm³/mol. The van der Waals surface area contributed by atoms with Gasteiger partial charge in [-0.15, -0.1) is 0 Å². The maximum absolute atomic E-state index is 5.50. The Morgan fingerprint density at radius 1 is 1.36 bits per heavy atom. The average Bonchev–Trinajstić information content (AvgIpc) is 2.64. The number of methoxy groups -OCH3 is 1. The number of benzene rings is 1. The van der Waals surface area contributed by atoms with Crippen LogP contribution in [-0.2, 0) is 6.42 Å². The Morgan fingerprint density at radius 2 is 2.21 bits per heavy atom. The van der Waals surface area contributed by atoms with Gasteiger partial charge >= 0.3 is 0 Å². The lowest BCUT2D eigenvalue weighted by Gasteiger charge is -2.11. The first-order valence-corrected chi connectivity index (χ1v) is 4.92. The Bertz CT molecular complexity index is 336. The lowest BCUT2D eigenvalue weighted by molar-refractivity contribution is 0.311. The van der Waals surface area contributed by atoms with E-state index in [2.05, 4.69) is 11.4 Å². The van der Waals surface area contributed by atoms with Crippen LogP contribution in [0.15, 0.2) is 12.1 Å². The Hall–Kier alpha value is -1.38. The maximum atomic E-state index is 5.50. The van der Waals surface area contributed by atoms with Gasteiger partial charge in [0.05, 0.1) is 13.7 Å². The molecule has 1 N–H and O–H groups in total. The van der Waals surface area contributed by atoms with Gasteiger partial charge in [0, 0.05) is 18.3 Å². The third kappa shape index (κ3) is 1.50. The average molecular weight is 193 g/mol. The highest BCUT2D eigenvalue weighted by Crippen LogP contribution is 2.35. The van der Waals surface area contributed by atoms with E-state index in [4.69, 9.17) is 9.47 Å². The zero-order valence-electron chi connectivity index (χ0n) is 8.59. The number of hydrogen-bond donors (Lipinski definition) is 1. The summed E-state index contributed by atoms with van der Waals surface area (Å²) in [5, 5.41) is 3.31. The summed E-state index contributed by atoms with van der Waals surface area (Å²) in [5.41, 5.74) is 2.49. The van der Waals surface area contributed by atoms with Crippen LogP contribution >= 0.6 is 0 Å². The van der Waals surface area contributed by atoms with Crippen molar-refractivity contribution in [3.05, 3.63) is 17.7 Å². The molecule has 0 unspecified atom stereocenters. The van der Waals surface area contributed by atoms with E-state index in [-0.39, 0.29) is 0 Å². The van der Waals surface area contributed by atoms with Crippen LogP contribution in [0, 0.1) is 0 Å². The summed E-state index contributed by atoms with van der Waals surface area (Å²) in [5.74, 6) is 1.65. The highest BCUT2D eigenvalue weighted by Gasteiger charge is 2.14. The summed E-state index contributed by atoms with van der Waals surface area (Å²) >= 11 is 0. The van der Waals surface area contributed by atoms with Gasteiger partial charge in [0.1, 0.15) is 0 Å². The summed E-state index contributed by atoms with van der Waals surface area (Å²) in [4.78, 5) is 0. The largest absolute Gasteiger partial charge is 0.493 e. The van der Waals surface area contributed by atoms with Crippen molar-refractivity contribution in [1.29, 1.82) is 0 Å². The van der Waals surface area contributed by atoms with Crippen LogP contribution in [0.4, 0.5) is 5.69 Å². The molecule has 0 saturated heterocycles. The van der Waals surface area contributed by atoms with Crippen LogP contribution in [0.1, 0.15) is 12.5 Å². The van der Waals surface area contributed by atoms with E-state index in [1.54, 1.807) is 7.11 Å². The summed E-state index contributed by atoms with van der Waals surface area (Å²) in [6.07, 6.45) is 1.07. The van der Waals surface area contributed by atoms with E-state index >= 15 is 0 Å². The molecule has 1 aliphatic heterocycles. The van der Waals surface area contributed by atoms with E-state index in [9.17, 15) is 0 Å². The van der Waals surface area contributed by atoms with Gasteiger partial charge in [-0.2, -0.15) is 0 Å². The van der Waals surface area contributed by atoms with Crippen LogP contribution in [0.25, 0.3) is 0 Å². The van der Waals surface area contributed by atoms with Crippen molar-refractivity contribution in [2.24, 2.45) is 0 Å². The second-order valence-electron chi connectivity index (χ2n) is 3.27. The minimum Gasteiger partial charge on any atom is -0.493 e. The normalized spacial score (nSPS) is 13.3. The van der Waals surface area contributed by atoms with Gasteiger partial charge < -0.3 is 14.8 Å². The van der Waals surface area contributed by atoms with E-state index < -0.39 is 0 Å². The maximum Gasteiger partial charge on any atom is 0.162 e. The van der Waals surface area contributed by atoms with Crippen LogP contribution < -0.4 is 14.8 Å². The van der Waals surface area contributed by atoms with E-state index in [1.807, 2.05) is 13.0 Å². The van der Waals surface area contributed by atoms with Crippen molar-refractivity contribution in [3.8, 4) is 11.5 Å². The van der Waals surface area contributed by atoms with Gasteiger partial charge in [-0.25, -0.2) is 0 Å². The Labute approximate surface area is 84.0 Å². The van der Waals surface area contributed by atoms with Crippen molar-refractivity contribution in [2.45, 2.75) is 13.3 Å². The lowest BCUT2D eigenvalue weighted by Crippen LogP contribution is -1.96. The van der Waals surface area contributed by atoms with Gasteiger partial charge in [0.15, 0.2) is 11.5 Å². The quantitative estimate of drug-likeness (QED) is 0.797. The number of hydrogen-bond acceptors (Lipinski definition) is 3. The van der Waals surface area contributed by atoms with E-state index in [0.717, 1.165) is 24.5 Å². The Kier molecular flexibility index (Phi) is 2.48. The van der Waals surface area contributed by atoms with Gasteiger partial charge in [0.2, 0.25) is 0 Å². The Balaban J connectivity index is 2.38. The monoisotopic (exact) mass is 193 g/mol. The summed E-state index contributed by atoms with van der Waals surface area (Å²) in [7, 11) is 1.67. The molecule has 1 aromatic carbocycles. The van der Waals surface area contributed by atoms with Crippen molar-refractivity contribution in [1.82, 2.24) is 0 Å².